The standard InChI is InChI=1S/C8H11NS/c1-6-4-5-7(2)10-8(6)9-3/h4-5H,1-3H3. The first-order valence-corrected chi connectivity index (χ1v) is 4.06. The van der Waals surface area contributed by atoms with Crippen LogP contribution in [0.15, 0.2) is 17.1 Å². The van der Waals surface area contributed by atoms with Gasteiger partial charge in [-0.3, -0.25) is 4.99 Å². The van der Waals surface area contributed by atoms with Gasteiger partial charge in [-0.2, -0.15) is 0 Å². The molecule has 0 aromatic carbocycles. The molecule has 0 N–H and O–H groups in total. The minimum Gasteiger partial charge on any atom is -0.278 e. The summed E-state index contributed by atoms with van der Waals surface area (Å²) in [6.07, 6.45) is 0. The van der Waals surface area contributed by atoms with Gasteiger partial charge < -0.3 is 0 Å². The number of hydrogen-bond acceptors (Lipinski definition) is 2. The first-order valence-electron chi connectivity index (χ1n) is 3.24. The minimum atomic E-state index is 1.14. The van der Waals surface area contributed by atoms with E-state index in [-0.39, 0.29) is 0 Å². The van der Waals surface area contributed by atoms with Gasteiger partial charge >= 0.3 is 0 Å². The van der Waals surface area contributed by atoms with Crippen molar-refractivity contribution in [1.82, 2.24) is 0 Å². The lowest BCUT2D eigenvalue weighted by molar-refractivity contribution is 1.27. The maximum absolute atomic E-state index is 4.15. The predicted molar refractivity (Wildman–Crippen MR) is 45.3 cm³/mol. The van der Waals surface area contributed by atoms with Gasteiger partial charge in [0.25, 0.3) is 0 Å². The van der Waals surface area contributed by atoms with Crippen molar-refractivity contribution in [1.29, 1.82) is 0 Å². The van der Waals surface area contributed by atoms with Gasteiger partial charge in [0.1, 0.15) is 4.67 Å². The van der Waals surface area contributed by atoms with Gasteiger partial charge in [-0.15, -0.1) is 11.3 Å². The van der Waals surface area contributed by atoms with Crippen molar-refractivity contribution in [3.05, 3.63) is 27.2 Å². The summed E-state index contributed by atoms with van der Waals surface area (Å²) in [5.74, 6) is 0. The zero-order chi connectivity index (χ0) is 7.56. The van der Waals surface area contributed by atoms with E-state index < -0.39 is 0 Å². The summed E-state index contributed by atoms with van der Waals surface area (Å²) in [4.78, 5) is 5.46. The van der Waals surface area contributed by atoms with Crippen LogP contribution in [-0.2, 0) is 0 Å². The Hall–Kier alpha value is -0.630. The van der Waals surface area contributed by atoms with E-state index in [1.165, 1.54) is 10.4 Å². The fraction of sp³-hybridized carbons (Fsp3) is 0.375. The molecule has 0 unspecified atom stereocenters. The summed E-state index contributed by atoms with van der Waals surface area (Å²) >= 11 is 1.74. The molecule has 0 aliphatic carbocycles. The van der Waals surface area contributed by atoms with E-state index in [1.807, 2.05) is 7.05 Å². The van der Waals surface area contributed by atoms with Crippen LogP contribution in [0.5, 0.6) is 0 Å². The van der Waals surface area contributed by atoms with E-state index >= 15 is 0 Å². The second-order valence-corrected chi connectivity index (χ2v) is 3.49. The molecule has 1 rings (SSSR count). The lowest BCUT2D eigenvalue weighted by Gasteiger charge is -1.92. The quantitative estimate of drug-likeness (QED) is 0.540. The van der Waals surface area contributed by atoms with Gasteiger partial charge in [0.2, 0.25) is 0 Å². The lowest BCUT2D eigenvalue weighted by atomic mass is 10.3. The van der Waals surface area contributed by atoms with Crippen LogP contribution in [0.1, 0.15) is 10.4 Å². The average Bonchev–Trinajstić information content (AvgIpc) is 1.94. The Morgan fingerprint density at radius 3 is 2.50 bits per heavy atom. The molecule has 0 saturated heterocycles. The smallest absolute Gasteiger partial charge is 0.113 e. The summed E-state index contributed by atoms with van der Waals surface area (Å²) in [6, 6.07) is 4.23. The van der Waals surface area contributed by atoms with Gasteiger partial charge in [-0.05, 0) is 25.5 Å². The van der Waals surface area contributed by atoms with Crippen molar-refractivity contribution in [3.63, 3.8) is 0 Å². The van der Waals surface area contributed by atoms with Crippen molar-refractivity contribution >= 4 is 11.3 Å². The summed E-state index contributed by atoms with van der Waals surface area (Å²) in [5, 5.41) is 0. The van der Waals surface area contributed by atoms with Crippen LogP contribution in [0.3, 0.4) is 0 Å². The number of hydrogen-bond donors (Lipinski definition) is 0. The van der Waals surface area contributed by atoms with Crippen molar-refractivity contribution in [3.8, 4) is 0 Å². The third kappa shape index (κ3) is 1.45. The second kappa shape index (κ2) is 2.97. The highest BCUT2D eigenvalue weighted by atomic mass is 32.1. The van der Waals surface area contributed by atoms with Crippen LogP contribution in [-0.4, -0.2) is 7.05 Å². The fourth-order valence-corrected chi connectivity index (χ4v) is 1.56. The van der Waals surface area contributed by atoms with Crippen LogP contribution in [0.25, 0.3) is 0 Å². The normalized spacial score (nSPS) is 12.1. The SMILES string of the molecule is CN=c1sc(C)ccc1C. The van der Waals surface area contributed by atoms with E-state index in [0.717, 1.165) is 4.67 Å². The molecule has 1 nitrogen and oxygen atoms in total. The topological polar surface area (TPSA) is 12.4 Å². The van der Waals surface area contributed by atoms with Gasteiger partial charge in [-0.1, -0.05) is 6.07 Å². The Bertz CT molecular complexity index is 286. The van der Waals surface area contributed by atoms with Crippen LogP contribution >= 0.6 is 11.3 Å². The van der Waals surface area contributed by atoms with Gasteiger partial charge in [0.15, 0.2) is 0 Å². The van der Waals surface area contributed by atoms with E-state index in [1.54, 1.807) is 11.3 Å². The van der Waals surface area contributed by atoms with Crippen molar-refractivity contribution in [2.45, 2.75) is 13.8 Å². The predicted octanol–water partition coefficient (Wildman–Crippen LogP) is 1.90. The molecule has 10 heavy (non-hydrogen) atoms. The van der Waals surface area contributed by atoms with Crippen LogP contribution in [0.2, 0.25) is 0 Å². The zero-order valence-corrected chi connectivity index (χ0v) is 7.33. The van der Waals surface area contributed by atoms with Crippen molar-refractivity contribution in [2.24, 2.45) is 4.99 Å². The average molecular weight is 153 g/mol. The maximum atomic E-state index is 4.15. The molecule has 2 heteroatoms. The van der Waals surface area contributed by atoms with E-state index in [9.17, 15) is 0 Å². The summed E-state index contributed by atoms with van der Waals surface area (Å²) < 4.78 is 1.14. The highest BCUT2D eigenvalue weighted by Gasteiger charge is 1.88. The highest BCUT2D eigenvalue weighted by Crippen LogP contribution is 2.01. The Kier molecular flexibility index (Phi) is 2.22. The Labute approximate surface area is 65.1 Å². The third-order valence-corrected chi connectivity index (χ3v) is 2.52. The van der Waals surface area contributed by atoms with Crippen molar-refractivity contribution in [2.75, 3.05) is 7.05 Å². The molecule has 1 heterocycles. The third-order valence-electron chi connectivity index (χ3n) is 1.37. The molecule has 0 aliphatic heterocycles. The number of aryl methyl sites for hydroxylation is 2. The molecule has 0 spiro atoms. The molecule has 0 atom stereocenters. The fourth-order valence-electron chi connectivity index (χ4n) is 0.803. The highest BCUT2D eigenvalue weighted by molar-refractivity contribution is 7.09. The largest absolute Gasteiger partial charge is 0.278 e. The van der Waals surface area contributed by atoms with E-state index in [4.69, 9.17) is 0 Å². The summed E-state index contributed by atoms with van der Waals surface area (Å²) in [5.41, 5.74) is 1.26. The summed E-state index contributed by atoms with van der Waals surface area (Å²) in [6.45, 7) is 4.18. The van der Waals surface area contributed by atoms with Gasteiger partial charge in [0.05, 0.1) is 0 Å². The first-order chi connectivity index (χ1) is 4.74. The molecule has 54 valence electrons. The molecule has 0 amide bonds. The second-order valence-electron chi connectivity index (χ2n) is 2.26. The van der Waals surface area contributed by atoms with E-state index in [2.05, 4.69) is 31.0 Å². The molecule has 1 aromatic heterocycles. The maximum Gasteiger partial charge on any atom is 0.113 e. The zero-order valence-electron chi connectivity index (χ0n) is 6.51. The molecule has 0 aliphatic rings. The number of nitrogens with zero attached hydrogens (tertiary/aromatic N) is 1. The lowest BCUT2D eigenvalue weighted by Crippen LogP contribution is -2.00. The van der Waals surface area contributed by atoms with Crippen molar-refractivity contribution < 1.29 is 0 Å². The summed E-state index contributed by atoms with van der Waals surface area (Å²) in [7, 11) is 1.83. The van der Waals surface area contributed by atoms with Gasteiger partial charge in [-0.25, -0.2) is 0 Å². The van der Waals surface area contributed by atoms with Crippen LogP contribution in [0, 0.1) is 13.8 Å². The molecule has 0 saturated carbocycles. The minimum absolute atomic E-state index is 1.14. The van der Waals surface area contributed by atoms with Crippen LogP contribution in [0.4, 0.5) is 0 Å². The van der Waals surface area contributed by atoms with E-state index in [0.29, 0.717) is 0 Å². The first kappa shape index (κ1) is 7.48. The molecular weight excluding hydrogens is 142 g/mol. The Morgan fingerprint density at radius 2 is 2.00 bits per heavy atom. The number of rotatable bonds is 0. The molecule has 0 fully saturated rings. The molecule has 0 radical (unpaired) electrons. The van der Waals surface area contributed by atoms with Gasteiger partial charge in [0, 0.05) is 11.9 Å². The molecule has 0 bridgehead atoms. The molecule has 1 aromatic rings. The Morgan fingerprint density at radius 1 is 1.30 bits per heavy atom. The van der Waals surface area contributed by atoms with Crippen LogP contribution < -0.4 is 4.67 Å². The molecular formula is C8H11NS. The Balaban J connectivity index is 3.37. The monoisotopic (exact) mass is 153 g/mol.